The van der Waals surface area contributed by atoms with Crippen LogP contribution >= 0.6 is 0 Å². The van der Waals surface area contributed by atoms with Crippen molar-refractivity contribution in [3.63, 3.8) is 0 Å². The predicted molar refractivity (Wildman–Crippen MR) is 67.4 cm³/mol. The normalized spacial score (nSPS) is 24.6. The number of aromatic nitrogens is 1. The topological polar surface area (TPSA) is 85.5 Å². The molecule has 0 aromatic carbocycles. The lowest BCUT2D eigenvalue weighted by Crippen LogP contribution is -2.40. The molecule has 2 N–H and O–H groups in total. The van der Waals surface area contributed by atoms with E-state index in [4.69, 9.17) is 10.5 Å². The second kappa shape index (κ2) is 4.83. The summed E-state index contributed by atoms with van der Waals surface area (Å²) in [7, 11) is -1.97. The first kappa shape index (κ1) is 13.3. The lowest BCUT2D eigenvalue weighted by molar-refractivity contribution is 0.102. The minimum absolute atomic E-state index is 0.0936. The van der Waals surface area contributed by atoms with Gasteiger partial charge in [-0.05, 0) is 19.4 Å². The van der Waals surface area contributed by atoms with Crippen LogP contribution in [0.1, 0.15) is 13.3 Å². The number of likely N-dealkylation sites (N-methyl/N-ethyl adjacent to an activating group) is 1. The highest BCUT2D eigenvalue weighted by atomic mass is 32.2. The zero-order valence-electron chi connectivity index (χ0n) is 10.4. The molecule has 1 aromatic rings. The molecule has 0 radical (unpaired) electrons. The summed E-state index contributed by atoms with van der Waals surface area (Å²) < 4.78 is 31.6. The lowest BCUT2D eigenvalue weighted by atomic mass is 10.2. The zero-order valence-corrected chi connectivity index (χ0v) is 11.2. The predicted octanol–water partition coefficient (Wildman–Crippen LogP) is 0.462. The molecule has 1 aliphatic heterocycles. The molecule has 0 bridgehead atoms. The van der Waals surface area contributed by atoms with Gasteiger partial charge in [0.1, 0.15) is 5.82 Å². The van der Waals surface area contributed by atoms with E-state index in [1.165, 1.54) is 22.6 Å². The summed E-state index contributed by atoms with van der Waals surface area (Å²) in [6.07, 6.45) is 2.01. The fourth-order valence-electron chi connectivity index (χ4n) is 2.13. The van der Waals surface area contributed by atoms with Gasteiger partial charge in [-0.2, -0.15) is 4.31 Å². The Balaban J connectivity index is 2.31. The molecule has 18 heavy (non-hydrogen) atoms. The molecule has 7 heteroatoms. The molecule has 1 saturated heterocycles. The van der Waals surface area contributed by atoms with Gasteiger partial charge in [-0.25, -0.2) is 13.4 Å². The van der Waals surface area contributed by atoms with E-state index in [2.05, 4.69) is 4.98 Å². The Morgan fingerprint density at radius 3 is 2.83 bits per heavy atom. The van der Waals surface area contributed by atoms with Gasteiger partial charge in [0.05, 0.1) is 17.0 Å². The van der Waals surface area contributed by atoms with E-state index in [0.717, 1.165) is 0 Å². The summed E-state index contributed by atoms with van der Waals surface area (Å²) in [4.78, 5) is 3.96. The van der Waals surface area contributed by atoms with Crippen molar-refractivity contribution in [1.82, 2.24) is 9.29 Å². The van der Waals surface area contributed by atoms with Gasteiger partial charge < -0.3 is 10.5 Å². The highest BCUT2D eigenvalue weighted by molar-refractivity contribution is 7.89. The first-order valence-electron chi connectivity index (χ1n) is 5.74. The third kappa shape index (κ3) is 2.33. The Morgan fingerprint density at radius 1 is 1.56 bits per heavy atom. The molecule has 2 unspecified atom stereocenters. The number of nitrogens with two attached hydrogens (primary N) is 1. The van der Waals surface area contributed by atoms with Gasteiger partial charge in [0.2, 0.25) is 10.0 Å². The number of sulfonamides is 1. The van der Waals surface area contributed by atoms with Crippen LogP contribution in [-0.2, 0) is 14.8 Å². The number of pyridine rings is 1. The van der Waals surface area contributed by atoms with Gasteiger partial charge in [0, 0.05) is 25.9 Å². The highest BCUT2D eigenvalue weighted by Crippen LogP contribution is 2.24. The van der Waals surface area contributed by atoms with Crippen molar-refractivity contribution in [3.05, 3.63) is 18.3 Å². The summed E-state index contributed by atoms with van der Waals surface area (Å²) in [5.41, 5.74) is 5.52. The molecule has 0 aliphatic carbocycles. The number of ether oxygens (including phenoxy) is 1. The highest BCUT2D eigenvalue weighted by Gasteiger charge is 2.35. The quantitative estimate of drug-likeness (QED) is 0.863. The summed E-state index contributed by atoms with van der Waals surface area (Å²) in [6.45, 7) is 2.47. The Bertz CT molecular complexity index is 532. The standard InChI is InChI=1S/C11H17N3O3S/c1-8-10(4-6-17-8)14(2)18(15,16)9-3-5-13-11(12)7-9/h3,5,7-8,10H,4,6H2,1-2H3,(H2,12,13). The van der Waals surface area contributed by atoms with Crippen molar-refractivity contribution in [2.24, 2.45) is 0 Å². The van der Waals surface area contributed by atoms with Crippen LogP contribution in [-0.4, -0.2) is 43.5 Å². The fourth-order valence-corrected chi connectivity index (χ4v) is 3.60. The Morgan fingerprint density at radius 2 is 2.28 bits per heavy atom. The summed E-state index contributed by atoms with van der Waals surface area (Å²) in [6, 6.07) is 2.68. The molecular weight excluding hydrogens is 254 g/mol. The van der Waals surface area contributed by atoms with Crippen LogP contribution in [0.3, 0.4) is 0 Å². The molecule has 1 aromatic heterocycles. The molecule has 2 heterocycles. The van der Waals surface area contributed by atoms with Crippen LogP contribution in [0.5, 0.6) is 0 Å². The summed E-state index contributed by atoms with van der Waals surface area (Å²) >= 11 is 0. The van der Waals surface area contributed by atoms with Crippen molar-refractivity contribution in [2.75, 3.05) is 19.4 Å². The average Bonchev–Trinajstić information content (AvgIpc) is 2.74. The van der Waals surface area contributed by atoms with E-state index in [9.17, 15) is 8.42 Å². The third-order valence-electron chi connectivity index (χ3n) is 3.23. The third-order valence-corrected chi connectivity index (χ3v) is 5.11. The van der Waals surface area contributed by atoms with Crippen LogP contribution in [0.15, 0.2) is 23.2 Å². The van der Waals surface area contributed by atoms with Gasteiger partial charge in [0.25, 0.3) is 0 Å². The minimum Gasteiger partial charge on any atom is -0.384 e. The van der Waals surface area contributed by atoms with E-state index in [0.29, 0.717) is 13.0 Å². The molecule has 2 rings (SSSR count). The smallest absolute Gasteiger partial charge is 0.243 e. The van der Waals surface area contributed by atoms with E-state index < -0.39 is 10.0 Å². The summed E-state index contributed by atoms with van der Waals surface area (Å²) in [5, 5.41) is 0. The molecule has 0 saturated carbocycles. The molecule has 100 valence electrons. The molecular formula is C11H17N3O3S. The monoisotopic (exact) mass is 271 g/mol. The van der Waals surface area contributed by atoms with E-state index in [-0.39, 0.29) is 22.9 Å². The maximum Gasteiger partial charge on any atom is 0.243 e. The Kier molecular flexibility index (Phi) is 3.56. The number of anilines is 1. The average molecular weight is 271 g/mol. The number of nitrogens with zero attached hydrogens (tertiary/aromatic N) is 2. The Labute approximate surface area is 107 Å². The molecule has 1 fully saturated rings. The number of rotatable bonds is 3. The maximum atomic E-state index is 12.4. The van der Waals surface area contributed by atoms with Crippen molar-refractivity contribution in [2.45, 2.75) is 30.4 Å². The van der Waals surface area contributed by atoms with Gasteiger partial charge in [-0.3, -0.25) is 0 Å². The first-order chi connectivity index (χ1) is 8.43. The molecule has 0 spiro atoms. The zero-order chi connectivity index (χ0) is 13.3. The van der Waals surface area contributed by atoms with Crippen molar-refractivity contribution in [3.8, 4) is 0 Å². The number of nitrogen functional groups attached to an aromatic ring is 1. The number of hydrogen-bond donors (Lipinski definition) is 1. The van der Waals surface area contributed by atoms with Crippen LogP contribution in [0.2, 0.25) is 0 Å². The lowest BCUT2D eigenvalue weighted by Gasteiger charge is -2.25. The van der Waals surface area contributed by atoms with E-state index in [1.807, 2.05) is 6.92 Å². The van der Waals surface area contributed by atoms with Gasteiger partial charge in [-0.1, -0.05) is 0 Å². The molecule has 2 atom stereocenters. The van der Waals surface area contributed by atoms with Crippen molar-refractivity contribution >= 4 is 15.8 Å². The minimum atomic E-state index is -3.54. The largest absolute Gasteiger partial charge is 0.384 e. The fraction of sp³-hybridized carbons (Fsp3) is 0.545. The second-order valence-corrected chi connectivity index (χ2v) is 6.37. The molecule has 6 nitrogen and oxygen atoms in total. The molecule has 1 aliphatic rings. The van der Waals surface area contributed by atoms with Gasteiger partial charge in [-0.15, -0.1) is 0 Å². The van der Waals surface area contributed by atoms with Crippen LogP contribution in [0.4, 0.5) is 5.82 Å². The van der Waals surface area contributed by atoms with Crippen LogP contribution < -0.4 is 5.73 Å². The van der Waals surface area contributed by atoms with Crippen molar-refractivity contribution in [1.29, 1.82) is 0 Å². The molecule has 0 amide bonds. The Hall–Kier alpha value is -1.18. The number of hydrogen-bond acceptors (Lipinski definition) is 5. The first-order valence-corrected chi connectivity index (χ1v) is 7.18. The van der Waals surface area contributed by atoms with Gasteiger partial charge >= 0.3 is 0 Å². The van der Waals surface area contributed by atoms with E-state index in [1.54, 1.807) is 7.05 Å². The maximum absolute atomic E-state index is 12.4. The SMILES string of the molecule is CC1OCCC1N(C)S(=O)(=O)c1ccnc(N)c1. The second-order valence-electron chi connectivity index (χ2n) is 4.37. The summed E-state index contributed by atoms with van der Waals surface area (Å²) in [5.74, 6) is 0.195. The van der Waals surface area contributed by atoms with E-state index >= 15 is 0 Å². The van der Waals surface area contributed by atoms with Crippen LogP contribution in [0, 0.1) is 0 Å². The van der Waals surface area contributed by atoms with Crippen LogP contribution in [0.25, 0.3) is 0 Å². The van der Waals surface area contributed by atoms with Gasteiger partial charge in [0.15, 0.2) is 0 Å². The van der Waals surface area contributed by atoms with Crippen molar-refractivity contribution < 1.29 is 13.2 Å².